The third kappa shape index (κ3) is 2.58. The van der Waals surface area contributed by atoms with E-state index in [1.54, 1.807) is 12.1 Å². The molecule has 2 aromatic rings. The number of halogens is 2. The molecule has 5 heteroatoms. The molecule has 2 atom stereocenters. The van der Waals surface area contributed by atoms with Crippen LogP contribution in [0.3, 0.4) is 0 Å². The normalized spacial score (nSPS) is 23.9. The van der Waals surface area contributed by atoms with E-state index < -0.39 is 0 Å². The molecule has 1 aromatic heterocycles. The molecule has 1 aliphatic carbocycles. The van der Waals surface area contributed by atoms with E-state index in [-0.39, 0.29) is 5.82 Å². The number of rotatable bonds is 1. The Bertz CT molecular complexity index is 691. The Morgan fingerprint density at radius 1 is 1.30 bits per heavy atom. The molecule has 0 aliphatic heterocycles. The Hall–Kier alpha value is -0.680. The summed E-state index contributed by atoms with van der Waals surface area (Å²) in [5, 5.41) is 0. The van der Waals surface area contributed by atoms with Crippen molar-refractivity contribution in [2.75, 3.05) is 0 Å². The number of aromatic amines is 1. The summed E-state index contributed by atoms with van der Waals surface area (Å²) in [4.78, 5) is 3.21. The van der Waals surface area contributed by atoms with Crippen LogP contribution in [0.5, 0.6) is 0 Å². The first kappa shape index (κ1) is 14.3. The molecular formula is C15H18BrFN2S. The molecule has 20 heavy (non-hydrogen) atoms. The fraction of sp³-hybridized carbons (Fsp3) is 0.533. The summed E-state index contributed by atoms with van der Waals surface area (Å²) < 4.78 is 17.1. The number of hydrogen-bond donors (Lipinski definition) is 1. The first-order valence-electron chi connectivity index (χ1n) is 7.15. The maximum Gasteiger partial charge on any atom is 0.178 e. The van der Waals surface area contributed by atoms with Crippen LogP contribution in [-0.2, 0) is 0 Å². The molecule has 1 N–H and O–H groups in total. The van der Waals surface area contributed by atoms with E-state index in [1.807, 2.05) is 0 Å². The molecule has 1 fully saturated rings. The Morgan fingerprint density at radius 2 is 2.10 bits per heavy atom. The summed E-state index contributed by atoms with van der Waals surface area (Å²) in [6.07, 6.45) is 5.98. The highest BCUT2D eigenvalue weighted by molar-refractivity contribution is 9.10. The molecule has 0 amide bonds. The van der Waals surface area contributed by atoms with E-state index in [0.29, 0.717) is 15.3 Å². The fourth-order valence-corrected chi connectivity index (χ4v) is 3.91. The van der Waals surface area contributed by atoms with Crippen LogP contribution in [0.15, 0.2) is 16.6 Å². The van der Waals surface area contributed by atoms with Crippen molar-refractivity contribution in [3.05, 3.63) is 27.2 Å². The minimum absolute atomic E-state index is 0.234. The molecule has 1 heterocycles. The lowest BCUT2D eigenvalue weighted by molar-refractivity contribution is 0.437. The van der Waals surface area contributed by atoms with Crippen LogP contribution in [0.25, 0.3) is 11.0 Å². The Balaban J connectivity index is 2.08. The second-order valence-electron chi connectivity index (χ2n) is 5.85. The Morgan fingerprint density at radius 3 is 2.90 bits per heavy atom. The summed E-state index contributed by atoms with van der Waals surface area (Å²) in [5.41, 5.74) is 1.79. The first-order chi connectivity index (χ1) is 9.56. The predicted molar refractivity (Wildman–Crippen MR) is 86.1 cm³/mol. The Kier molecular flexibility index (Phi) is 4.00. The topological polar surface area (TPSA) is 20.7 Å². The minimum atomic E-state index is -0.234. The number of nitrogens with zero attached hydrogens (tertiary/aromatic N) is 1. The van der Waals surface area contributed by atoms with Gasteiger partial charge in [-0.2, -0.15) is 0 Å². The second-order valence-corrected chi connectivity index (χ2v) is 7.09. The van der Waals surface area contributed by atoms with Gasteiger partial charge in [0, 0.05) is 12.1 Å². The van der Waals surface area contributed by atoms with E-state index >= 15 is 0 Å². The lowest BCUT2D eigenvalue weighted by atomic mass is 10.0. The predicted octanol–water partition coefficient (Wildman–Crippen LogP) is 5.74. The molecule has 108 valence electrons. The largest absolute Gasteiger partial charge is 0.331 e. The van der Waals surface area contributed by atoms with E-state index in [0.717, 1.165) is 29.8 Å². The van der Waals surface area contributed by atoms with Gasteiger partial charge in [0.1, 0.15) is 5.82 Å². The monoisotopic (exact) mass is 356 g/mol. The molecule has 1 aliphatic rings. The zero-order valence-corrected chi connectivity index (χ0v) is 13.9. The van der Waals surface area contributed by atoms with Crippen LogP contribution >= 0.6 is 28.1 Å². The van der Waals surface area contributed by atoms with Crippen molar-refractivity contribution >= 4 is 39.2 Å². The molecule has 2 unspecified atom stereocenters. The lowest BCUT2D eigenvalue weighted by Crippen LogP contribution is -2.08. The van der Waals surface area contributed by atoms with Crippen LogP contribution in [0.4, 0.5) is 4.39 Å². The molecule has 1 saturated carbocycles. The number of H-pyrrole nitrogens is 1. The van der Waals surface area contributed by atoms with E-state index in [4.69, 9.17) is 12.2 Å². The van der Waals surface area contributed by atoms with Crippen molar-refractivity contribution in [2.24, 2.45) is 5.92 Å². The van der Waals surface area contributed by atoms with Gasteiger partial charge in [-0.1, -0.05) is 19.8 Å². The number of hydrogen-bond acceptors (Lipinski definition) is 1. The molecule has 0 spiro atoms. The molecule has 2 nitrogen and oxygen atoms in total. The highest BCUT2D eigenvalue weighted by atomic mass is 79.9. The van der Waals surface area contributed by atoms with Gasteiger partial charge in [0.25, 0.3) is 0 Å². The highest BCUT2D eigenvalue weighted by Crippen LogP contribution is 2.33. The number of nitrogens with one attached hydrogen (secondary N) is 1. The van der Waals surface area contributed by atoms with Crippen LogP contribution < -0.4 is 0 Å². The maximum atomic E-state index is 13.8. The van der Waals surface area contributed by atoms with Crippen LogP contribution in [0.2, 0.25) is 0 Å². The molecule has 0 saturated heterocycles. The first-order valence-corrected chi connectivity index (χ1v) is 8.35. The maximum absolute atomic E-state index is 13.8. The summed E-state index contributed by atoms with van der Waals surface area (Å²) in [6.45, 7) is 2.31. The van der Waals surface area contributed by atoms with Crippen LogP contribution in [0.1, 0.15) is 45.1 Å². The SMILES string of the molecule is CC1CCCC(n2c(=S)[nH]c3cc(Br)c(F)cc32)CC1. The molecule has 1 aromatic carbocycles. The molecule has 3 rings (SSSR count). The van der Waals surface area contributed by atoms with Gasteiger partial charge in [0.05, 0.1) is 15.5 Å². The third-order valence-corrected chi connectivity index (χ3v) is 5.26. The average molecular weight is 357 g/mol. The van der Waals surface area contributed by atoms with Gasteiger partial charge in [-0.15, -0.1) is 0 Å². The van der Waals surface area contributed by atoms with Gasteiger partial charge >= 0.3 is 0 Å². The summed E-state index contributed by atoms with van der Waals surface area (Å²) >= 11 is 8.69. The average Bonchev–Trinajstić information content (AvgIpc) is 2.57. The smallest absolute Gasteiger partial charge is 0.178 e. The van der Waals surface area contributed by atoms with Crippen molar-refractivity contribution in [2.45, 2.75) is 45.1 Å². The van der Waals surface area contributed by atoms with Crippen molar-refractivity contribution in [1.82, 2.24) is 9.55 Å². The van der Waals surface area contributed by atoms with Crippen LogP contribution in [-0.4, -0.2) is 9.55 Å². The van der Waals surface area contributed by atoms with Gasteiger partial charge in [-0.05, 0) is 59.4 Å². The highest BCUT2D eigenvalue weighted by Gasteiger charge is 2.20. The Labute approximate surface area is 131 Å². The lowest BCUT2D eigenvalue weighted by Gasteiger charge is -2.17. The molecular weight excluding hydrogens is 339 g/mol. The van der Waals surface area contributed by atoms with Crippen molar-refractivity contribution < 1.29 is 4.39 Å². The molecule has 0 radical (unpaired) electrons. The quantitative estimate of drug-likeness (QED) is 0.510. The summed E-state index contributed by atoms with van der Waals surface area (Å²) in [5.74, 6) is 0.549. The van der Waals surface area contributed by atoms with E-state index in [1.165, 1.54) is 19.3 Å². The number of aromatic nitrogens is 2. The minimum Gasteiger partial charge on any atom is -0.331 e. The van der Waals surface area contributed by atoms with Gasteiger partial charge in [0.2, 0.25) is 0 Å². The van der Waals surface area contributed by atoms with Crippen molar-refractivity contribution in [3.63, 3.8) is 0 Å². The number of fused-ring (bicyclic) bond motifs is 1. The summed E-state index contributed by atoms with van der Waals surface area (Å²) in [7, 11) is 0. The van der Waals surface area contributed by atoms with Gasteiger partial charge in [-0.3, -0.25) is 0 Å². The molecule has 0 bridgehead atoms. The zero-order valence-electron chi connectivity index (χ0n) is 11.5. The number of benzene rings is 1. The zero-order chi connectivity index (χ0) is 14.3. The van der Waals surface area contributed by atoms with Crippen molar-refractivity contribution in [1.29, 1.82) is 0 Å². The van der Waals surface area contributed by atoms with E-state index in [9.17, 15) is 4.39 Å². The van der Waals surface area contributed by atoms with Gasteiger partial charge in [0.15, 0.2) is 4.77 Å². The standard InChI is InChI=1S/C15H18BrFN2S/c1-9-3-2-4-10(6-5-9)19-14-8-12(17)11(16)7-13(14)18-15(19)20/h7-10H,2-6H2,1H3,(H,18,20). The fourth-order valence-electron chi connectivity index (χ4n) is 3.21. The van der Waals surface area contributed by atoms with Gasteiger partial charge < -0.3 is 9.55 Å². The van der Waals surface area contributed by atoms with E-state index in [2.05, 4.69) is 32.4 Å². The van der Waals surface area contributed by atoms with Gasteiger partial charge in [-0.25, -0.2) is 4.39 Å². The van der Waals surface area contributed by atoms with Crippen LogP contribution in [0, 0.1) is 16.5 Å². The summed E-state index contributed by atoms with van der Waals surface area (Å²) in [6, 6.07) is 3.75. The number of imidazole rings is 1. The third-order valence-electron chi connectivity index (χ3n) is 4.35. The van der Waals surface area contributed by atoms with Crippen molar-refractivity contribution in [3.8, 4) is 0 Å². The second kappa shape index (κ2) is 5.60.